The van der Waals surface area contributed by atoms with Crippen molar-refractivity contribution in [1.82, 2.24) is 5.32 Å². The molecule has 0 heterocycles. The van der Waals surface area contributed by atoms with Gasteiger partial charge < -0.3 is 5.32 Å². The molecule has 1 aliphatic carbocycles. The molecule has 1 fully saturated rings. The molecule has 1 rings (SSSR count). The summed E-state index contributed by atoms with van der Waals surface area (Å²) in [6.45, 7) is 1.26. The second-order valence-electron chi connectivity index (χ2n) is 3.81. The average Bonchev–Trinajstić information content (AvgIpc) is 2.08. The topological polar surface area (TPSA) is 52.9 Å². The van der Waals surface area contributed by atoms with E-state index < -0.39 is 24.3 Å². The van der Waals surface area contributed by atoms with Crippen LogP contribution < -0.4 is 5.32 Å². The van der Waals surface area contributed by atoms with E-state index in [0.717, 1.165) is 0 Å². The lowest BCUT2D eigenvalue weighted by Crippen LogP contribution is -2.49. The van der Waals surface area contributed by atoms with Crippen molar-refractivity contribution in [2.75, 3.05) is 6.54 Å². The molecule has 5 heteroatoms. The van der Waals surface area contributed by atoms with Crippen LogP contribution in [0.4, 0.5) is 8.78 Å². The molecule has 0 aliphatic heterocycles. The van der Waals surface area contributed by atoms with Gasteiger partial charge in [-0.3, -0.25) is 4.79 Å². The fourth-order valence-corrected chi connectivity index (χ4v) is 1.80. The zero-order valence-corrected chi connectivity index (χ0v) is 7.89. The maximum Gasteiger partial charge on any atom is 0.255 e. The Hall–Kier alpha value is -1.18. The maximum absolute atomic E-state index is 11.8. The van der Waals surface area contributed by atoms with Crippen molar-refractivity contribution in [3.05, 3.63) is 0 Å². The molecule has 78 valence electrons. The standard InChI is InChI=1S/C9H12F2N2O/c1-6-2-9(3-6,5-12)8(14)13-4-7(10)11/h6-7H,2-4H2,1H3,(H,13,14). The minimum Gasteiger partial charge on any atom is -0.349 e. The number of rotatable bonds is 3. The molecule has 1 amide bonds. The molecule has 0 aromatic heterocycles. The Labute approximate surface area is 81.1 Å². The van der Waals surface area contributed by atoms with E-state index >= 15 is 0 Å². The van der Waals surface area contributed by atoms with Crippen LogP contribution in [0.25, 0.3) is 0 Å². The van der Waals surface area contributed by atoms with Crippen molar-refractivity contribution in [2.24, 2.45) is 11.3 Å². The number of nitrogens with one attached hydrogen (secondary N) is 1. The number of carbonyl (C=O) groups excluding carboxylic acids is 1. The summed E-state index contributed by atoms with van der Waals surface area (Å²) in [6.07, 6.45) is -1.62. The lowest BCUT2D eigenvalue weighted by Gasteiger charge is -2.39. The average molecular weight is 202 g/mol. The normalized spacial score (nSPS) is 30.6. The first-order valence-corrected chi connectivity index (χ1v) is 4.48. The largest absolute Gasteiger partial charge is 0.349 e. The molecule has 14 heavy (non-hydrogen) atoms. The number of alkyl halides is 2. The summed E-state index contributed by atoms with van der Waals surface area (Å²) in [5.74, 6) is -0.231. The zero-order chi connectivity index (χ0) is 10.8. The summed E-state index contributed by atoms with van der Waals surface area (Å²) in [6, 6.07) is 1.91. The number of halogens is 2. The molecule has 0 saturated heterocycles. The molecule has 0 bridgehead atoms. The first-order valence-electron chi connectivity index (χ1n) is 4.48. The number of hydrogen-bond donors (Lipinski definition) is 1. The number of carbonyl (C=O) groups is 1. The van der Waals surface area contributed by atoms with Gasteiger partial charge in [-0.05, 0) is 18.8 Å². The molecule has 1 saturated carbocycles. The van der Waals surface area contributed by atoms with E-state index in [0.29, 0.717) is 18.8 Å². The highest BCUT2D eigenvalue weighted by molar-refractivity contribution is 5.86. The van der Waals surface area contributed by atoms with Crippen LogP contribution in [0.3, 0.4) is 0 Å². The van der Waals surface area contributed by atoms with Gasteiger partial charge in [0.05, 0.1) is 12.6 Å². The summed E-state index contributed by atoms with van der Waals surface area (Å²) in [4.78, 5) is 11.4. The molecule has 1 N–H and O–H groups in total. The molecule has 0 aromatic carbocycles. The Morgan fingerprint density at radius 1 is 1.71 bits per heavy atom. The highest BCUT2D eigenvalue weighted by Crippen LogP contribution is 2.44. The van der Waals surface area contributed by atoms with E-state index in [9.17, 15) is 13.6 Å². The van der Waals surface area contributed by atoms with Gasteiger partial charge in [-0.1, -0.05) is 6.92 Å². The Kier molecular flexibility index (Phi) is 3.04. The van der Waals surface area contributed by atoms with Gasteiger partial charge >= 0.3 is 0 Å². The lowest BCUT2D eigenvalue weighted by molar-refractivity contribution is -0.134. The molecule has 3 nitrogen and oxygen atoms in total. The lowest BCUT2D eigenvalue weighted by atomic mass is 9.63. The van der Waals surface area contributed by atoms with Gasteiger partial charge in [-0.2, -0.15) is 5.26 Å². The van der Waals surface area contributed by atoms with E-state index in [2.05, 4.69) is 5.32 Å². The molecule has 0 radical (unpaired) electrons. The van der Waals surface area contributed by atoms with Gasteiger partial charge in [0.25, 0.3) is 6.43 Å². The van der Waals surface area contributed by atoms with Gasteiger partial charge in [0, 0.05) is 0 Å². The Bertz CT molecular complexity index is 266. The fourth-order valence-electron chi connectivity index (χ4n) is 1.80. The van der Waals surface area contributed by atoms with E-state index in [1.807, 2.05) is 13.0 Å². The first kappa shape index (κ1) is 10.9. The van der Waals surface area contributed by atoms with Crippen molar-refractivity contribution < 1.29 is 13.6 Å². The van der Waals surface area contributed by atoms with E-state index in [4.69, 9.17) is 5.26 Å². The highest BCUT2D eigenvalue weighted by Gasteiger charge is 2.48. The van der Waals surface area contributed by atoms with Crippen LogP contribution in [0.5, 0.6) is 0 Å². The molecule has 1 aliphatic rings. The Balaban J connectivity index is 2.47. The smallest absolute Gasteiger partial charge is 0.255 e. The second-order valence-corrected chi connectivity index (χ2v) is 3.81. The fraction of sp³-hybridized carbons (Fsp3) is 0.778. The van der Waals surface area contributed by atoms with Gasteiger partial charge in [-0.15, -0.1) is 0 Å². The Morgan fingerprint density at radius 3 is 2.64 bits per heavy atom. The third-order valence-electron chi connectivity index (χ3n) is 2.46. The monoisotopic (exact) mass is 202 g/mol. The minimum atomic E-state index is -2.56. The second kappa shape index (κ2) is 3.91. The molecule has 0 spiro atoms. The van der Waals surface area contributed by atoms with E-state index in [1.165, 1.54) is 0 Å². The summed E-state index contributed by atoms with van der Waals surface area (Å²) in [5, 5.41) is 10.9. The predicted molar refractivity (Wildman–Crippen MR) is 45.5 cm³/mol. The first-order chi connectivity index (χ1) is 6.50. The van der Waals surface area contributed by atoms with Crippen LogP contribution in [-0.2, 0) is 4.79 Å². The number of nitrogens with zero attached hydrogens (tertiary/aromatic N) is 1. The van der Waals surface area contributed by atoms with Crippen LogP contribution >= 0.6 is 0 Å². The summed E-state index contributed by atoms with van der Waals surface area (Å²) >= 11 is 0. The quantitative estimate of drug-likeness (QED) is 0.750. The van der Waals surface area contributed by atoms with Crippen LogP contribution in [0.15, 0.2) is 0 Å². The van der Waals surface area contributed by atoms with Gasteiger partial charge in [0.15, 0.2) is 0 Å². The van der Waals surface area contributed by atoms with Crippen molar-refractivity contribution in [3.8, 4) is 6.07 Å². The van der Waals surface area contributed by atoms with Crippen LogP contribution in [0, 0.1) is 22.7 Å². The predicted octanol–water partition coefficient (Wildman–Crippen LogP) is 1.31. The molecule has 0 atom stereocenters. The summed E-state index contributed by atoms with van der Waals surface area (Å²) in [5.41, 5.74) is -1.05. The number of nitriles is 1. The SMILES string of the molecule is CC1CC(C#N)(C(=O)NCC(F)F)C1. The van der Waals surface area contributed by atoms with E-state index in [-0.39, 0.29) is 0 Å². The molecule has 0 aromatic rings. The van der Waals surface area contributed by atoms with Gasteiger partial charge in [-0.25, -0.2) is 8.78 Å². The zero-order valence-electron chi connectivity index (χ0n) is 7.89. The van der Waals surface area contributed by atoms with Crippen molar-refractivity contribution in [1.29, 1.82) is 5.26 Å². The summed E-state index contributed by atoms with van der Waals surface area (Å²) in [7, 11) is 0. The van der Waals surface area contributed by atoms with Crippen molar-refractivity contribution in [3.63, 3.8) is 0 Å². The van der Waals surface area contributed by atoms with Crippen LogP contribution in [0.2, 0.25) is 0 Å². The highest BCUT2D eigenvalue weighted by atomic mass is 19.3. The van der Waals surface area contributed by atoms with Gasteiger partial charge in [0.1, 0.15) is 5.41 Å². The van der Waals surface area contributed by atoms with Crippen LogP contribution in [-0.4, -0.2) is 18.9 Å². The Morgan fingerprint density at radius 2 is 2.29 bits per heavy atom. The van der Waals surface area contributed by atoms with Crippen molar-refractivity contribution in [2.45, 2.75) is 26.2 Å². The molecule has 0 unspecified atom stereocenters. The third-order valence-corrected chi connectivity index (χ3v) is 2.46. The maximum atomic E-state index is 11.8. The number of hydrogen-bond acceptors (Lipinski definition) is 2. The third kappa shape index (κ3) is 2.00. The van der Waals surface area contributed by atoms with Crippen molar-refractivity contribution >= 4 is 5.91 Å². The summed E-state index contributed by atoms with van der Waals surface area (Å²) < 4.78 is 23.6. The van der Waals surface area contributed by atoms with E-state index in [1.54, 1.807) is 0 Å². The molecular weight excluding hydrogens is 190 g/mol. The minimum absolute atomic E-state index is 0.326. The number of amides is 1. The molecular formula is C9H12F2N2O. The van der Waals surface area contributed by atoms with Gasteiger partial charge in [0.2, 0.25) is 5.91 Å². The van der Waals surface area contributed by atoms with Crippen LogP contribution in [0.1, 0.15) is 19.8 Å².